The summed E-state index contributed by atoms with van der Waals surface area (Å²) in [6.45, 7) is 0.656. The van der Waals surface area contributed by atoms with Gasteiger partial charge in [0, 0.05) is 19.2 Å². The van der Waals surface area contributed by atoms with Crippen LogP contribution < -0.4 is 5.32 Å². The summed E-state index contributed by atoms with van der Waals surface area (Å²) in [6.07, 6.45) is 4.94. The maximum absolute atomic E-state index is 12.0. The number of carbonyl (C=O) groups excluding carboxylic acids is 1. The van der Waals surface area contributed by atoms with Gasteiger partial charge in [-0.2, -0.15) is 11.8 Å². The number of carbonyl (C=O) groups is 1. The summed E-state index contributed by atoms with van der Waals surface area (Å²) >= 11 is 1.75. The third-order valence-corrected chi connectivity index (χ3v) is 2.99. The number of hydrogen-bond donors (Lipinski definition) is 2. The van der Waals surface area contributed by atoms with E-state index >= 15 is 0 Å². The van der Waals surface area contributed by atoms with Gasteiger partial charge in [-0.3, -0.25) is 4.79 Å². The van der Waals surface area contributed by atoms with Crippen LogP contribution in [0.2, 0.25) is 0 Å². The van der Waals surface area contributed by atoms with Crippen molar-refractivity contribution in [3.05, 3.63) is 29.6 Å². The second-order valence-corrected chi connectivity index (χ2v) is 4.76. The van der Waals surface area contributed by atoms with E-state index < -0.39 is 0 Å². The molecule has 0 unspecified atom stereocenters. The monoisotopic (exact) mass is 278 g/mol. The molecule has 1 heterocycles. The Balaban J connectivity index is 2.66. The van der Waals surface area contributed by atoms with Gasteiger partial charge in [0.25, 0.3) is 5.91 Å². The van der Waals surface area contributed by atoms with E-state index in [0.29, 0.717) is 24.2 Å². The van der Waals surface area contributed by atoms with Gasteiger partial charge in [-0.05, 0) is 30.6 Å². The minimum Gasteiger partial charge on any atom is -0.395 e. The molecule has 0 spiro atoms. The topological polar surface area (TPSA) is 62.2 Å². The smallest absolute Gasteiger partial charge is 0.271 e. The van der Waals surface area contributed by atoms with Crippen molar-refractivity contribution in [3.8, 4) is 11.8 Å². The molecule has 0 aromatic carbocycles. The lowest BCUT2D eigenvalue weighted by atomic mass is 10.2. The first kappa shape index (κ1) is 15.5. The number of amides is 1. The lowest BCUT2D eigenvalue weighted by Gasteiger charge is -2.05. The SMILES string of the molecule is CSCCCNC(=O)c1ncccc1C#CCCO. The Bertz CT molecular complexity index is 466. The maximum Gasteiger partial charge on any atom is 0.271 e. The van der Waals surface area contributed by atoms with Crippen LogP contribution in [0.3, 0.4) is 0 Å². The summed E-state index contributed by atoms with van der Waals surface area (Å²) in [5.74, 6) is 6.48. The molecule has 4 nitrogen and oxygen atoms in total. The Morgan fingerprint density at radius 1 is 1.58 bits per heavy atom. The van der Waals surface area contributed by atoms with Gasteiger partial charge >= 0.3 is 0 Å². The Morgan fingerprint density at radius 2 is 2.42 bits per heavy atom. The van der Waals surface area contributed by atoms with Crippen molar-refractivity contribution in [2.75, 3.05) is 25.2 Å². The molecule has 0 aliphatic rings. The molecule has 0 saturated carbocycles. The highest BCUT2D eigenvalue weighted by molar-refractivity contribution is 7.98. The molecule has 1 rings (SSSR count). The van der Waals surface area contributed by atoms with Crippen molar-refractivity contribution in [1.82, 2.24) is 10.3 Å². The van der Waals surface area contributed by atoms with Crippen LogP contribution in [0.1, 0.15) is 28.9 Å². The molecule has 0 saturated heterocycles. The number of aliphatic hydroxyl groups excluding tert-OH is 1. The molecular formula is C14H18N2O2S. The van der Waals surface area contributed by atoms with Crippen molar-refractivity contribution in [3.63, 3.8) is 0 Å². The summed E-state index contributed by atoms with van der Waals surface area (Å²) in [4.78, 5) is 16.0. The highest BCUT2D eigenvalue weighted by Gasteiger charge is 2.10. The van der Waals surface area contributed by atoms with Gasteiger partial charge in [0.05, 0.1) is 12.2 Å². The van der Waals surface area contributed by atoms with E-state index in [1.54, 1.807) is 30.1 Å². The van der Waals surface area contributed by atoms with Crippen molar-refractivity contribution in [1.29, 1.82) is 0 Å². The van der Waals surface area contributed by atoms with Gasteiger partial charge in [-0.15, -0.1) is 0 Å². The lowest BCUT2D eigenvalue weighted by molar-refractivity contribution is 0.0948. The molecule has 1 amide bonds. The van der Waals surface area contributed by atoms with Gasteiger partial charge in [0.2, 0.25) is 0 Å². The summed E-state index contributed by atoms with van der Waals surface area (Å²) in [6, 6.07) is 3.50. The average Bonchev–Trinajstić information content (AvgIpc) is 2.44. The van der Waals surface area contributed by atoms with E-state index in [1.165, 1.54) is 0 Å². The minimum absolute atomic E-state index is 0.0173. The normalized spacial score (nSPS) is 9.58. The number of nitrogens with zero attached hydrogens (tertiary/aromatic N) is 1. The molecule has 0 fully saturated rings. The van der Waals surface area contributed by atoms with Gasteiger partial charge in [0.15, 0.2) is 0 Å². The van der Waals surface area contributed by atoms with Crippen molar-refractivity contribution in [2.24, 2.45) is 0 Å². The molecule has 0 atom stereocenters. The van der Waals surface area contributed by atoms with Crippen LogP contribution in [0.4, 0.5) is 0 Å². The van der Waals surface area contributed by atoms with Gasteiger partial charge < -0.3 is 10.4 Å². The second-order valence-electron chi connectivity index (χ2n) is 3.78. The van der Waals surface area contributed by atoms with Crippen LogP contribution in [0.15, 0.2) is 18.3 Å². The first-order valence-electron chi connectivity index (χ1n) is 6.11. The number of hydrogen-bond acceptors (Lipinski definition) is 4. The van der Waals surface area contributed by atoms with Crippen molar-refractivity contribution >= 4 is 17.7 Å². The van der Waals surface area contributed by atoms with E-state index in [0.717, 1.165) is 12.2 Å². The van der Waals surface area contributed by atoms with Crippen molar-refractivity contribution in [2.45, 2.75) is 12.8 Å². The zero-order valence-corrected chi connectivity index (χ0v) is 11.8. The van der Waals surface area contributed by atoms with E-state index in [4.69, 9.17) is 5.11 Å². The summed E-state index contributed by atoms with van der Waals surface area (Å²) in [5.41, 5.74) is 0.940. The van der Waals surface area contributed by atoms with E-state index in [9.17, 15) is 4.79 Å². The Morgan fingerprint density at radius 3 is 3.16 bits per heavy atom. The molecule has 102 valence electrons. The van der Waals surface area contributed by atoms with Crippen LogP contribution in [0, 0.1) is 11.8 Å². The summed E-state index contributed by atoms with van der Waals surface area (Å²) < 4.78 is 0. The number of aliphatic hydroxyl groups is 1. The van der Waals surface area contributed by atoms with Crippen LogP contribution >= 0.6 is 11.8 Å². The number of pyridine rings is 1. The molecule has 19 heavy (non-hydrogen) atoms. The molecule has 1 aromatic rings. The molecule has 0 aliphatic carbocycles. The van der Waals surface area contributed by atoms with Crippen LogP contribution in [0.25, 0.3) is 0 Å². The quantitative estimate of drug-likeness (QED) is 0.608. The summed E-state index contributed by atoms with van der Waals surface area (Å²) in [7, 11) is 0. The molecule has 0 radical (unpaired) electrons. The van der Waals surface area contributed by atoms with E-state index in [1.807, 2.05) is 6.26 Å². The largest absolute Gasteiger partial charge is 0.395 e. The fraction of sp³-hybridized carbons (Fsp3) is 0.429. The van der Waals surface area contributed by atoms with E-state index in [-0.39, 0.29) is 12.5 Å². The van der Waals surface area contributed by atoms with Crippen molar-refractivity contribution < 1.29 is 9.90 Å². The maximum atomic E-state index is 12.0. The molecule has 2 N–H and O–H groups in total. The lowest BCUT2D eigenvalue weighted by Crippen LogP contribution is -2.26. The number of aromatic nitrogens is 1. The Kier molecular flexibility index (Phi) is 7.71. The second kappa shape index (κ2) is 9.42. The third kappa shape index (κ3) is 5.77. The van der Waals surface area contributed by atoms with Crippen LogP contribution in [0.5, 0.6) is 0 Å². The standard InChI is InChI=1S/C14H18N2O2S/c1-19-11-5-9-16-14(18)13-12(6-2-3-10-17)7-4-8-15-13/h4,7-8,17H,3,5,9-11H2,1H3,(H,16,18). The minimum atomic E-state index is -0.199. The molecule has 0 bridgehead atoms. The predicted octanol–water partition coefficient (Wildman–Crippen LogP) is 1.30. The van der Waals surface area contributed by atoms with E-state index in [2.05, 4.69) is 22.1 Å². The highest BCUT2D eigenvalue weighted by atomic mass is 32.2. The van der Waals surface area contributed by atoms with Gasteiger partial charge in [0.1, 0.15) is 5.69 Å². The fourth-order valence-electron chi connectivity index (χ4n) is 1.40. The number of thioether (sulfide) groups is 1. The Labute approximate surface area is 118 Å². The number of rotatable bonds is 6. The molecule has 5 heteroatoms. The average molecular weight is 278 g/mol. The zero-order valence-electron chi connectivity index (χ0n) is 11.0. The molecule has 1 aromatic heterocycles. The van der Waals surface area contributed by atoms with Gasteiger partial charge in [-0.1, -0.05) is 11.8 Å². The predicted molar refractivity (Wildman–Crippen MR) is 78.2 cm³/mol. The Hall–Kier alpha value is -1.51. The van der Waals surface area contributed by atoms with Crippen LogP contribution in [-0.2, 0) is 0 Å². The molecule has 0 aliphatic heterocycles. The highest BCUT2D eigenvalue weighted by Crippen LogP contribution is 2.04. The number of nitrogens with one attached hydrogen (secondary N) is 1. The van der Waals surface area contributed by atoms with Gasteiger partial charge in [-0.25, -0.2) is 4.98 Å². The molecular weight excluding hydrogens is 260 g/mol. The first-order chi connectivity index (χ1) is 9.29. The van der Waals surface area contributed by atoms with Crippen LogP contribution in [-0.4, -0.2) is 41.2 Å². The first-order valence-corrected chi connectivity index (χ1v) is 7.51. The fourth-order valence-corrected chi connectivity index (χ4v) is 1.84. The third-order valence-electron chi connectivity index (χ3n) is 2.29. The summed E-state index contributed by atoms with van der Waals surface area (Å²) in [5, 5.41) is 11.5. The zero-order chi connectivity index (χ0) is 13.9.